The van der Waals surface area contributed by atoms with E-state index in [4.69, 9.17) is 0 Å². The van der Waals surface area contributed by atoms with Crippen LogP contribution in [-0.4, -0.2) is 27.2 Å². The van der Waals surface area contributed by atoms with E-state index in [9.17, 15) is 13.2 Å². The van der Waals surface area contributed by atoms with E-state index >= 15 is 0 Å². The Morgan fingerprint density at radius 1 is 1.60 bits per heavy atom. The largest absolute Gasteiger partial charge is 0.457 e. The van der Waals surface area contributed by atoms with Crippen LogP contribution in [0.25, 0.3) is 0 Å². The maximum atomic E-state index is 10.7. The molecule has 0 saturated heterocycles. The highest BCUT2D eigenvalue weighted by Gasteiger charge is 2.25. The fourth-order valence-corrected chi connectivity index (χ4v) is 1.38. The van der Waals surface area contributed by atoms with E-state index in [1.54, 1.807) is 0 Å². The predicted octanol–water partition coefficient (Wildman–Crippen LogP) is -0.528. The molecule has 0 unspecified atom stereocenters. The molecule has 0 saturated carbocycles. The lowest BCUT2D eigenvalue weighted by Gasteiger charge is -1.92. The van der Waals surface area contributed by atoms with Gasteiger partial charge in [0.2, 0.25) is 0 Å². The third kappa shape index (κ3) is 1.18. The molecule has 0 atom stereocenters. The number of cyclic esters (lactones) is 1. The van der Waals surface area contributed by atoms with Crippen LogP contribution in [0.5, 0.6) is 0 Å². The van der Waals surface area contributed by atoms with Crippen LogP contribution < -0.4 is 0 Å². The summed E-state index contributed by atoms with van der Waals surface area (Å²) in [5.41, 5.74) is 0. The Hall–Kier alpha value is -0.840. The molecular weight excluding hydrogens is 156 g/mol. The molecule has 0 aliphatic carbocycles. The van der Waals surface area contributed by atoms with Crippen molar-refractivity contribution < 1.29 is 17.9 Å². The summed E-state index contributed by atoms with van der Waals surface area (Å²) in [6, 6.07) is 0. The number of rotatable bonds is 1. The van der Waals surface area contributed by atoms with Gasteiger partial charge in [0, 0.05) is 6.26 Å². The summed E-state index contributed by atoms with van der Waals surface area (Å²) in [6.07, 6.45) is 2.24. The lowest BCUT2D eigenvalue weighted by molar-refractivity contribution is -0.135. The molecule has 0 bridgehead atoms. The number of hydrogen-bond acceptors (Lipinski definition) is 4. The smallest absolute Gasteiger partial charge is 0.349 e. The highest BCUT2D eigenvalue weighted by Crippen LogP contribution is 2.11. The lowest BCUT2D eigenvalue weighted by Crippen LogP contribution is -2.08. The van der Waals surface area contributed by atoms with Crippen LogP contribution in [0.1, 0.15) is 0 Å². The molecule has 0 fully saturated rings. The Morgan fingerprint density at radius 2 is 2.20 bits per heavy atom. The highest BCUT2D eigenvalue weighted by molar-refractivity contribution is 7.95. The quantitative estimate of drug-likeness (QED) is 0.486. The van der Waals surface area contributed by atoms with E-state index in [0.29, 0.717) is 0 Å². The van der Waals surface area contributed by atoms with Crippen molar-refractivity contribution in [2.24, 2.45) is 0 Å². The van der Waals surface area contributed by atoms with E-state index in [1.165, 1.54) is 6.08 Å². The van der Waals surface area contributed by atoms with Crippen LogP contribution in [0.2, 0.25) is 0 Å². The fourth-order valence-electron chi connectivity index (χ4n) is 0.650. The van der Waals surface area contributed by atoms with Crippen molar-refractivity contribution in [2.75, 3.05) is 12.9 Å². The first-order valence-electron chi connectivity index (χ1n) is 2.59. The van der Waals surface area contributed by atoms with Gasteiger partial charge in [-0.3, -0.25) is 0 Å². The number of sulfone groups is 1. The summed E-state index contributed by atoms with van der Waals surface area (Å²) in [5, 5.41) is 0. The van der Waals surface area contributed by atoms with Crippen molar-refractivity contribution in [3.63, 3.8) is 0 Å². The van der Waals surface area contributed by atoms with Crippen molar-refractivity contribution in [2.45, 2.75) is 0 Å². The second-order valence-electron chi connectivity index (χ2n) is 1.94. The van der Waals surface area contributed by atoms with Gasteiger partial charge in [0.1, 0.15) is 6.61 Å². The van der Waals surface area contributed by atoms with Crippen LogP contribution in [-0.2, 0) is 19.4 Å². The maximum Gasteiger partial charge on any atom is 0.349 e. The SMILES string of the molecule is CS(=O)(=O)C1=CCOC1=O. The second-order valence-corrected chi connectivity index (χ2v) is 3.92. The summed E-state index contributed by atoms with van der Waals surface area (Å²) >= 11 is 0. The minimum absolute atomic E-state index is 0.0707. The number of hydrogen-bond donors (Lipinski definition) is 0. The first-order valence-corrected chi connectivity index (χ1v) is 4.48. The maximum absolute atomic E-state index is 10.7. The van der Waals surface area contributed by atoms with Gasteiger partial charge in [-0.1, -0.05) is 0 Å². The van der Waals surface area contributed by atoms with E-state index in [-0.39, 0.29) is 11.5 Å². The first-order chi connectivity index (χ1) is 4.52. The van der Waals surface area contributed by atoms with Crippen LogP contribution in [0.4, 0.5) is 0 Å². The van der Waals surface area contributed by atoms with Crippen LogP contribution in [0.15, 0.2) is 11.0 Å². The average molecular weight is 162 g/mol. The zero-order chi connectivity index (χ0) is 7.78. The zero-order valence-corrected chi connectivity index (χ0v) is 6.14. The van der Waals surface area contributed by atoms with Crippen molar-refractivity contribution in [1.82, 2.24) is 0 Å². The molecule has 0 amide bonds. The predicted molar refractivity (Wildman–Crippen MR) is 33.9 cm³/mol. The Kier molecular flexibility index (Phi) is 1.52. The van der Waals surface area contributed by atoms with E-state index in [0.717, 1.165) is 6.26 Å². The molecule has 0 spiro atoms. The van der Waals surface area contributed by atoms with E-state index in [1.807, 2.05) is 0 Å². The Morgan fingerprint density at radius 3 is 2.40 bits per heavy atom. The lowest BCUT2D eigenvalue weighted by atomic mass is 10.6. The molecule has 0 aromatic rings. The number of carbonyl (C=O) groups excluding carboxylic acids is 1. The molecule has 1 aliphatic heterocycles. The molecule has 0 aromatic heterocycles. The van der Waals surface area contributed by atoms with Gasteiger partial charge in [-0.25, -0.2) is 13.2 Å². The second kappa shape index (κ2) is 2.09. The third-order valence-electron chi connectivity index (χ3n) is 1.08. The topological polar surface area (TPSA) is 60.4 Å². The van der Waals surface area contributed by atoms with Gasteiger partial charge in [0.05, 0.1) is 0 Å². The van der Waals surface area contributed by atoms with E-state index in [2.05, 4.69) is 4.74 Å². The Balaban J connectivity index is 3.06. The van der Waals surface area contributed by atoms with Crippen LogP contribution in [0, 0.1) is 0 Å². The average Bonchev–Trinajstić information content (AvgIpc) is 2.11. The summed E-state index contributed by atoms with van der Waals surface area (Å²) < 4.78 is 25.7. The standard InChI is InChI=1S/C5H6O4S/c1-10(7,8)4-2-3-9-5(4)6/h2H,3H2,1H3. The normalized spacial score (nSPS) is 18.5. The minimum Gasteiger partial charge on any atom is -0.457 e. The zero-order valence-electron chi connectivity index (χ0n) is 5.33. The molecule has 0 radical (unpaired) electrons. The van der Waals surface area contributed by atoms with Crippen LogP contribution in [0.3, 0.4) is 0 Å². The molecule has 10 heavy (non-hydrogen) atoms. The van der Waals surface area contributed by atoms with Crippen molar-refractivity contribution in [3.8, 4) is 0 Å². The Labute approximate surface area is 58.4 Å². The first kappa shape index (κ1) is 7.27. The number of carbonyl (C=O) groups is 1. The molecule has 1 rings (SSSR count). The van der Waals surface area contributed by atoms with Crippen molar-refractivity contribution in [1.29, 1.82) is 0 Å². The molecular formula is C5H6O4S. The molecule has 1 aliphatic rings. The Bertz CT molecular complexity index is 285. The summed E-state index contributed by atoms with van der Waals surface area (Å²) in [6.45, 7) is 0.0707. The molecule has 4 nitrogen and oxygen atoms in total. The fraction of sp³-hybridized carbons (Fsp3) is 0.400. The van der Waals surface area contributed by atoms with Crippen molar-refractivity contribution >= 4 is 15.8 Å². The summed E-state index contributed by atoms with van der Waals surface area (Å²) in [7, 11) is -3.37. The van der Waals surface area contributed by atoms with Gasteiger partial charge in [-0.05, 0) is 6.08 Å². The third-order valence-corrected chi connectivity index (χ3v) is 2.22. The van der Waals surface area contributed by atoms with Crippen molar-refractivity contribution in [3.05, 3.63) is 11.0 Å². The molecule has 0 N–H and O–H groups in total. The van der Waals surface area contributed by atoms with Gasteiger partial charge < -0.3 is 4.74 Å². The summed E-state index contributed by atoms with van der Waals surface area (Å²) in [5.74, 6) is -0.748. The number of esters is 1. The van der Waals surface area contributed by atoms with Gasteiger partial charge in [0.25, 0.3) is 0 Å². The van der Waals surface area contributed by atoms with Crippen LogP contribution >= 0.6 is 0 Å². The van der Waals surface area contributed by atoms with E-state index < -0.39 is 15.8 Å². The van der Waals surface area contributed by atoms with Gasteiger partial charge in [-0.2, -0.15) is 0 Å². The molecule has 0 aromatic carbocycles. The molecule has 5 heteroatoms. The number of ether oxygens (including phenoxy) is 1. The minimum atomic E-state index is -3.37. The molecule has 56 valence electrons. The summed E-state index contributed by atoms with van der Waals surface area (Å²) in [4.78, 5) is 10.3. The molecule has 1 heterocycles. The van der Waals surface area contributed by atoms with Gasteiger partial charge in [-0.15, -0.1) is 0 Å². The highest BCUT2D eigenvalue weighted by atomic mass is 32.2. The monoisotopic (exact) mass is 162 g/mol. The van der Waals surface area contributed by atoms with Gasteiger partial charge in [0.15, 0.2) is 14.7 Å². The van der Waals surface area contributed by atoms with Gasteiger partial charge >= 0.3 is 5.97 Å².